The van der Waals surface area contributed by atoms with Gasteiger partial charge in [-0.15, -0.1) is 0 Å². The van der Waals surface area contributed by atoms with Crippen molar-refractivity contribution >= 4 is 15.9 Å². The Labute approximate surface area is 117 Å². The number of hydrogen-bond donors (Lipinski definition) is 1. The minimum Gasteiger partial charge on any atom is -0.491 e. The van der Waals surface area contributed by atoms with Crippen LogP contribution in [0.4, 0.5) is 0 Å². The highest BCUT2D eigenvalue weighted by atomic mass is 79.9. The second-order valence-electron chi connectivity index (χ2n) is 5.17. The van der Waals surface area contributed by atoms with Gasteiger partial charge in [0, 0.05) is 10.0 Å². The lowest BCUT2D eigenvalue weighted by Crippen LogP contribution is -2.22. The number of halogens is 1. The lowest BCUT2D eigenvalue weighted by molar-refractivity contribution is -0.0166. The van der Waals surface area contributed by atoms with E-state index in [4.69, 9.17) is 9.47 Å². The van der Waals surface area contributed by atoms with Crippen molar-refractivity contribution in [2.24, 2.45) is 0 Å². The van der Waals surface area contributed by atoms with Crippen molar-refractivity contribution in [1.82, 2.24) is 0 Å². The van der Waals surface area contributed by atoms with Crippen LogP contribution < -0.4 is 4.74 Å². The quantitative estimate of drug-likeness (QED) is 0.842. The number of ether oxygens (including phenoxy) is 2. The zero-order chi connectivity index (χ0) is 13.8. The van der Waals surface area contributed by atoms with Crippen molar-refractivity contribution in [3.05, 3.63) is 28.2 Å². The van der Waals surface area contributed by atoms with Crippen molar-refractivity contribution in [3.63, 3.8) is 0 Å². The van der Waals surface area contributed by atoms with Gasteiger partial charge in [-0.1, -0.05) is 15.9 Å². The Kier molecular flexibility index (Phi) is 5.63. The molecule has 0 heterocycles. The average Bonchev–Trinajstić information content (AvgIpc) is 2.24. The first-order chi connectivity index (χ1) is 8.29. The molecule has 102 valence electrons. The van der Waals surface area contributed by atoms with E-state index in [1.54, 1.807) is 6.92 Å². The summed E-state index contributed by atoms with van der Waals surface area (Å²) in [6.45, 7) is 8.74. The molecule has 0 spiro atoms. The van der Waals surface area contributed by atoms with Gasteiger partial charge in [-0.3, -0.25) is 0 Å². The van der Waals surface area contributed by atoms with E-state index in [-0.39, 0.29) is 5.60 Å². The molecule has 1 aromatic rings. The summed E-state index contributed by atoms with van der Waals surface area (Å²) in [6, 6.07) is 5.61. The third-order valence-electron chi connectivity index (χ3n) is 2.30. The van der Waals surface area contributed by atoms with Crippen LogP contribution in [0.15, 0.2) is 22.7 Å². The first kappa shape index (κ1) is 15.5. The molecule has 0 aromatic heterocycles. The normalized spacial score (nSPS) is 13.4. The molecule has 0 fully saturated rings. The Hall–Kier alpha value is -0.580. The Morgan fingerprint density at radius 3 is 2.50 bits per heavy atom. The molecular weight excluding hydrogens is 296 g/mol. The number of rotatable bonds is 5. The second-order valence-corrected chi connectivity index (χ2v) is 6.08. The van der Waals surface area contributed by atoms with Gasteiger partial charge in [0.25, 0.3) is 0 Å². The molecule has 1 N–H and O–H groups in total. The first-order valence-corrected chi connectivity index (χ1v) is 6.83. The van der Waals surface area contributed by atoms with E-state index in [0.29, 0.717) is 19.0 Å². The average molecular weight is 317 g/mol. The molecule has 0 aliphatic carbocycles. The van der Waals surface area contributed by atoms with Gasteiger partial charge in [-0.05, 0) is 45.9 Å². The summed E-state index contributed by atoms with van der Waals surface area (Å²) in [5.41, 5.74) is 0.621. The summed E-state index contributed by atoms with van der Waals surface area (Å²) in [5, 5.41) is 9.68. The molecule has 0 bridgehead atoms. The van der Waals surface area contributed by atoms with E-state index in [9.17, 15) is 5.11 Å². The van der Waals surface area contributed by atoms with Crippen LogP contribution in [0.25, 0.3) is 0 Å². The summed E-state index contributed by atoms with van der Waals surface area (Å²) in [4.78, 5) is 0. The third-order valence-corrected chi connectivity index (χ3v) is 2.79. The van der Waals surface area contributed by atoms with E-state index in [0.717, 1.165) is 10.0 Å². The van der Waals surface area contributed by atoms with Crippen LogP contribution in [-0.2, 0) is 4.74 Å². The maximum absolute atomic E-state index is 9.68. The lowest BCUT2D eigenvalue weighted by atomic mass is 10.1. The van der Waals surface area contributed by atoms with Gasteiger partial charge < -0.3 is 14.6 Å². The summed E-state index contributed by atoms with van der Waals surface area (Å²) in [7, 11) is 0. The van der Waals surface area contributed by atoms with Crippen molar-refractivity contribution < 1.29 is 14.6 Å². The number of benzene rings is 1. The molecule has 1 aromatic carbocycles. The van der Waals surface area contributed by atoms with Gasteiger partial charge in [0.05, 0.1) is 18.3 Å². The molecule has 0 saturated heterocycles. The Balaban J connectivity index is 2.57. The molecule has 0 aliphatic heterocycles. The molecule has 0 amide bonds. The van der Waals surface area contributed by atoms with Crippen molar-refractivity contribution in [1.29, 1.82) is 0 Å². The highest BCUT2D eigenvalue weighted by Crippen LogP contribution is 2.28. The lowest BCUT2D eigenvalue weighted by Gasteiger charge is -2.20. The second kappa shape index (κ2) is 6.55. The van der Waals surface area contributed by atoms with E-state index >= 15 is 0 Å². The van der Waals surface area contributed by atoms with Crippen LogP contribution >= 0.6 is 15.9 Å². The fraction of sp³-hybridized carbons (Fsp3) is 0.571. The highest BCUT2D eigenvalue weighted by molar-refractivity contribution is 9.10. The van der Waals surface area contributed by atoms with Gasteiger partial charge in [0.2, 0.25) is 0 Å². The predicted octanol–water partition coefficient (Wildman–Crippen LogP) is 3.70. The summed E-state index contributed by atoms with van der Waals surface area (Å²) < 4.78 is 12.1. The van der Waals surface area contributed by atoms with Crippen LogP contribution in [0.3, 0.4) is 0 Å². The standard InChI is InChI=1S/C14H21BrO3/c1-10(16)12-9-11(15)5-6-13(12)17-7-8-18-14(2,3)4/h5-6,9-10,16H,7-8H2,1-4H3/t10-/m1/s1. The van der Waals surface area contributed by atoms with Crippen molar-refractivity contribution in [3.8, 4) is 5.75 Å². The molecule has 0 saturated carbocycles. The molecule has 18 heavy (non-hydrogen) atoms. The van der Waals surface area contributed by atoms with Crippen LogP contribution in [0.5, 0.6) is 5.75 Å². The molecule has 0 radical (unpaired) electrons. The van der Waals surface area contributed by atoms with Gasteiger partial charge >= 0.3 is 0 Å². The first-order valence-electron chi connectivity index (χ1n) is 6.04. The van der Waals surface area contributed by atoms with Crippen LogP contribution in [0.1, 0.15) is 39.4 Å². The Morgan fingerprint density at radius 1 is 1.28 bits per heavy atom. The van der Waals surface area contributed by atoms with Gasteiger partial charge in [0.1, 0.15) is 12.4 Å². The zero-order valence-electron chi connectivity index (χ0n) is 11.4. The maximum Gasteiger partial charge on any atom is 0.125 e. The molecule has 3 nitrogen and oxygen atoms in total. The Morgan fingerprint density at radius 2 is 1.94 bits per heavy atom. The minimum absolute atomic E-state index is 0.157. The number of aliphatic hydroxyl groups is 1. The number of aliphatic hydroxyl groups excluding tert-OH is 1. The summed E-state index contributed by atoms with van der Waals surface area (Å²) in [5.74, 6) is 0.700. The molecule has 0 unspecified atom stereocenters. The summed E-state index contributed by atoms with van der Waals surface area (Å²) >= 11 is 3.38. The van der Waals surface area contributed by atoms with E-state index in [1.807, 2.05) is 39.0 Å². The van der Waals surface area contributed by atoms with E-state index < -0.39 is 6.10 Å². The predicted molar refractivity (Wildman–Crippen MR) is 76.0 cm³/mol. The van der Waals surface area contributed by atoms with Crippen LogP contribution in [0.2, 0.25) is 0 Å². The van der Waals surface area contributed by atoms with Gasteiger partial charge in [0.15, 0.2) is 0 Å². The van der Waals surface area contributed by atoms with E-state index in [2.05, 4.69) is 15.9 Å². The summed E-state index contributed by atoms with van der Waals surface area (Å²) in [6.07, 6.45) is -0.555. The van der Waals surface area contributed by atoms with E-state index in [1.165, 1.54) is 0 Å². The largest absolute Gasteiger partial charge is 0.491 e. The highest BCUT2D eigenvalue weighted by Gasteiger charge is 2.12. The van der Waals surface area contributed by atoms with Gasteiger partial charge in [-0.25, -0.2) is 0 Å². The fourth-order valence-corrected chi connectivity index (χ4v) is 1.86. The third kappa shape index (κ3) is 5.38. The van der Waals surface area contributed by atoms with Crippen molar-refractivity contribution in [2.75, 3.05) is 13.2 Å². The van der Waals surface area contributed by atoms with Gasteiger partial charge in [-0.2, -0.15) is 0 Å². The zero-order valence-corrected chi connectivity index (χ0v) is 13.0. The Bertz CT molecular complexity index is 383. The monoisotopic (exact) mass is 316 g/mol. The fourth-order valence-electron chi connectivity index (χ4n) is 1.48. The molecule has 1 atom stereocenters. The topological polar surface area (TPSA) is 38.7 Å². The SMILES string of the molecule is C[C@@H](O)c1cc(Br)ccc1OCCOC(C)(C)C. The minimum atomic E-state index is -0.555. The molecule has 0 aliphatic rings. The molecule has 1 rings (SSSR count). The van der Waals surface area contributed by atoms with Crippen LogP contribution in [0, 0.1) is 0 Å². The maximum atomic E-state index is 9.68. The van der Waals surface area contributed by atoms with Crippen molar-refractivity contribution in [2.45, 2.75) is 39.4 Å². The molecular formula is C14H21BrO3. The number of hydrogen-bond acceptors (Lipinski definition) is 3. The smallest absolute Gasteiger partial charge is 0.125 e. The van der Waals surface area contributed by atoms with Crippen LogP contribution in [-0.4, -0.2) is 23.9 Å². The molecule has 4 heteroatoms.